The van der Waals surface area contributed by atoms with E-state index >= 15 is 0 Å². The topological polar surface area (TPSA) is 76.2 Å². The molecule has 0 saturated carbocycles. The lowest BCUT2D eigenvalue weighted by Crippen LogP contribution is -2.10. The molecule has 0 aliphatic heterocycles. The van der Waals surface area contributed by atoms with Crippen LogP contribution >= 0.6 is 11.8 Å². The highest BCUT2D eigenvalue weighted by atomic mass is 32.2. The standard InChI is InChI=1S/C12H9F3N2O3S/c13-12(14,15)9-6-7(8-2-1-4-20-8)16-11(17-9)21-5-3-10(18)19/h1-2,4,6H,3,5H2,(H,18,19). The first-order valence-electron chi connectivity index (χ1n) is 5.71. The molecule has 0 spiro atoms. The van der Waals surface area contributed by atoms with Gasteiger partial charge in [0.05, 0.1) is 12.7 Å². The number of carboxylic acid groups (broad SMARTS) is 1. The van der Waals surface area contributed by atoms with Gasteiger partial charge in [-0.25, -0.2) is 9.97 Å². The van der Waals surface area contributed by atoms with Crippen LogP contribution in [0.3, 0.4) is 0 Å². The van der Waals surface area contributed by atoms with Gasteiger partial charge in [-0.2, -0.15) is 13.2 Å². The maximum Gasteiger partial charge on any atom is 0.433 e. The van der Waals surface area contributed by atoms with Crippen LogP contribution in [0.2, 0.25) is 0 Å². The number of aliphatic carboxylic acids is 1. The average Bonchev–Trinajstić information content (AvgIpc) is 2.90. The van der Waals surface area contributed by atoms with Crippen LogP contribution in [0.25, 0.3) is 11.5 Å². The summed E-state index contributed by atoms with van der Waals surface area (Å²) in [4.78, 5) is 17.8. The molecule has 1 N–H and O–H groups in total. The van der Waals surface area contributed by atoms with Crippen molar-refractivity contribution in [1.82, 2.24) is 9.97 Å². The Kier molecular flexibility index (Phi) is 4.51. The van der Waals surface area contributed by atoms with Crippen molar-refractivity contribution >= 4 is 17.7 Å². The zero-order valence-electron chi connectivity index (χ0n) is 10.4. The minimum atomic E-state index is -4.62. The summed E-state index contributed by atoms with van der Waals surface area (Å²) in [6, 6.07) is 3.80. The molecular weight excluding hydrogens is 309 g/mol. The van der Waals surface area contributed by atoms with E-state index in [1.54, 1.807) is 0 Å². The van der Waals surface area contributed by atoms with Gasteiger partial charge in [-0.1, -0.05) is 11.8 Å². The summed E-state index contributed by atoms with van der Waals surface area (Å²) in [5, 5.41) is 8.39. The fraction of sp³-hybridized carbons (Fsp3) is 0.250. The zero-order valence-corrected chi connectivity index (χ0v) is 11.2. The Hall–Kier alpha value is -2.03. The maximum absolute atomic E-state index is 12.8. The Morgan fingerprint density at radius 1 is 1.38 bits per heavy atom. The molecule has 0 aliphatic carbocycles. The normalized spacial score (nSPS) is 11.6. The zero-order chi connectivity index (χ0) is 15.5. The van der Waals surface area contributed by atoms with Crippen molar-refractivity contribution in [2.75, 3.05) is 5.75 Å². The smallest absolute Gasteiger partial charge is 0.433 e. The van der Waals surface area contributed by atoms with Crippen LogP contribution in [0.15, 0.2) is 34.0 Å². The lowest BCUT2D eigenvalue weighted by atomic mass is 10.2. The number of furan rings is 1. The van der Waals surface area contributed by atoms with Gasteiger partial charge in [0, 0.05) is 5.75 Å². The number of halogens is 3. The molecule has 0 fully saturated rings. The lowest BCUT2D eigenvalue weighted by Gasteiger charge is -2.09. The van der Waals surface area contributed by atoms with Crippen molar-refractivity contribution in [2.24, 2.45) is 0 Å². The highest BCUT2D eigenvalue weighted by Crippen LogP contribution is 2.32. The van der Waals surface area contributed by atoms with E-state index < -0.39 is 17.8 Å². The first-order chi connectivity index (χ1) is 9.86. The highest BCUT2D eigenvalue weighted by Gasteiger charge is 2.34. The third-order valence-electron chi connectivity index (χ3n) is 2.32. The number of aromatic nitrogens is 2. The van der Waals surface area contributed by atoms with Gasteiger partial charge in [0.1, 0.15) is 11.4 Å². The first kappa shape index (κ1) is 15.4. The van der Waals surface area contributed by atoms with Crippen molar-refractivity contribution in [3.63, 3.8) is 0 Å². The molecule has 0 unspecified atom stereocenters. The summed E-state index contributed by atoms with van der Waals surface area (Å²) < 4.78 is 43.5. The van der Waals surface area contributed by atoms with Crippen molar-refractivity contribution in [3.8, 4) is 11.5 Å². The molecular formula is C12H9F3N2O3S. The molecule has 0 atom stereocenters. The summed E-state index contributed by atoms with van der Waals surface area (Å²) in [6.45, 7) is 0. The van der Waals surface area contributed by atoms with Gasteiger partial charge in [0.25, 0.3) is 0 Å². The second kappa shape index (κ2) is 6.17. The quantitative estimate of drug-likeness (QED) is 0.673. The van der Waals surface area contributed by atoms with E-state index in [4.69, 9.17) is 9.52 Å². The molecule has 2 aromatic heterocycles. The molecule has 5 nitrogen and oxygen atoms in total. The SMILES string of the molecule is O=C(O)CCSc1nc(-c2ccco2)cc(C(F)(F)F)n1. The Morgan fingerprint density at radius 2 is 2.14 bits per heavy atom. The molecule has 2 aromatic rings. The van der Waals surface area contributed by atoms with Crippen molar-refractivity contribution in [2.45, 2.75) is 17.8 Å². The molecule has 21 heavy (non-hydrogen) atoms. The van der Waals surface area contributed by atoms with E-state index in [2.05, 4.69) is 9.97 Å². The lowest BCUT2D eigenvalue weighted by molar-refractivity contribution is -0.141. The van der Waals surface area contributed by atoms with Gasteiger partial charge < -0.3 is 9.52 Å². The Labute approximate surface area is 121 Å². The molecule has 9 heteroatoms. The van der Waals surface area contributed by atoms with Gasteiger partial charge >= 0.3 is 12.1 Å². The number of carbonyl (C=O) groups is 1. The second-order valence-corrected chi connectivity index (χ2v) is 4.95. The third-order valence-corrected chi connectivity index (χ3v) is 3.17. The molecule has 0 aliphatic rings. The number of alkyl halides is 3. The van der Waals surface area contributed by atoms with Crippen LogP contribution in [-0.4, -0.2) is 26.8 Å². The van der Waals surface area contributed by atoms with Gasteiger partial charge in [-0.15, -0.1) is 0 Å². The Bertz CT molecular complexity index is 629. The van der Waals surface area contributed by atoms with Crippen LogP contribution < -0.4 is 0 Å². The molecule has 0 bridgehead atoms. The molecule has 0 aromatic carbocycles. The van der Waals surface area contributed by atoms with E-state index in [-0.39, 0.29) is 28.8 Å². The van der Waals surface area contributed by atoms with Crippen molar-refractivity contribution < 1.29 is 27.5 Å². The molecule has 112 valence electrons. The number of thioether (sulfide) groups is 1. The number of rotatable bonds is 5. The Balaban J connectivity index is 2.31. The van der Waals surface area contributed by atoms with Gasteiger partial charge in [0.2, 0.25) is 0 Å². The van der Waals surface area contributed by atoms with E-state index in [1.165, 1.54) is 18.4 Å². The monoisotopic (exact) mass is 318 g/mol. The van der Waals surface area contributed by atoms with Crippen LogP contribution in [-0.2, 0) is 11.0 Å². The van der Waals surface area contributed by atoms with E-state index in [0.29, 0.717) is 0 Å². The highest BCUT2D eigenvalue weighted by molar-refractivity contribution is 7.99. The summed E-state index contributed by atoms with van der Waals surface area (Å²) in [7, 11) is 0. The van der Waals surface area contributed by atoms with E-state index in [1.807, 2.05) is 0 Å². The Morgan fingerprint density at radius 3 is 2.71 bits per heavy atom. The first-order valence-corrected chi connectivity index (χ1v) is 6.69. The third kappa shape index (κ3) is 4.22. The van der Waals surface area contributed by atoms with Crippen molar-refractivity contribution in [3.05, 3.63) is 30.2 Å². The molecule has 0 saturated heterocycles. The largest absolute Gasteiger partial charge is 0.481 e. The van der Waals surface area contributed by atoms with Crippen LogP contribution in [0, 0.1) is 0 Å². The van der Waals surface area contributed by atoms with Gasteiger partial charge in [0.15, 0.2) is 10.9 Å². The average molecular weight is 318 g/mol. The number of hydrogen-bond acceptors (Lipinski definition) is 5. The number of hydrogen-bond donors (Lipinski definition) is 1. The summed E-state index contributed by atoms with van der Waals surface area (Å²) in [5.41, 5.74) is -1.10. The summed E-state index contributed by atoms with van der Waals surface area (Å²) in [6.07, 6.45) is -3.49. The fourth-order valence-electron chi connectivity index (χ4n) is 1.42. The number of carboxylic acids is 1. The van der Waals surface area contributed by atoms with Gasteiger partial charge in [-0.05, 0) is 18.2 Å². The molecule has 0 radical (unpaired) electrons. The maximum atomic E-state index is 12.8. The fourth-order valence-corrected chi connectivity index (χ4v) is 2.20. The van der Waals surface area contributed by atoms with Crippen LogP contribution in [0.1, 0.15) is 12.1 Å². The van der Waals surface area contributed by atoms with Crippen molar-refractivity contribution in [1.29, 1.82) is 0 Å². The predicted octanol–water partition coefficient (Wildman–Crippen LogP) is 3.32. The van der Waals surface area contributed by atoms with Gasteiger partial charge in [-0.3, -0.25) is 4.79 Å². The van der Waals surface area contributed by atoms with E-state index in [9.17, 15) is 18.0 Å². The summed E-state index contributed by atoms with van der Waals surface area (Å²) >= 11 is 0.846. The second-order valence-electron chi connectivity index (χ2n) is 3.89. The van der Waals surface area contributed by atoms with Crippen LogP contribution in [0.4, 0.5) is 13.2 Å². The minimum absolute atomic E-state index is 0.000139. The molecule has 2 heterocycles. The van der Waals surface area contributed by atoms with E-state index in [0.717, 1.165) is 17.8 Å². The predicted molar refractivity (Wildman–Crippen MR) is 67.7 cm³/mol. The minimum Gasteiger partial charge on any atom is -0.481 e. The number of nitrogens with zero attached hydrogens (tertiary/aromatic N) is 2. The molecule has 2 rings (SSSR count). The van der Waals surface area contributed by atoms with Crippen LogP contribution in [0.5, 0.6) is 0 Å². The summed E-state index contributed by atoms with van der Waals surface area (Å²) in [5.74, 6) is -0.780. The molecule has 0 amide bonds.